The number of carboxylic acids is 1. The van der Waals surface area contributed by atoms with Crippen LogP contribution in [-0.4, -0.2) is 34.0 Å². The Hall–Kier alpha value is -1.84. The smallest absolute Gasteiger partial charge is 0.326 e. The number of carbonyl (C=O) groups is 2. The molecule has 1 saturated carbocycles. The Balaban J connectivity index is 2.05. The third kappa shape index (κ3) is 3.84. The van der Waals surface area contributed by atoms with Gasteiger partial charge in [-0.3, -0.25) is 4.79 Å². The predicted octanol–water partition coefficient (Wildman–Crippen LogP) is 2.64. The van der Waals surface area contributed by atoms with Gasteiger partial charge in [0.05, 0.1) is 0 Å². The molecule has 0 bridgehead atoms. The van der Waals surface area contributed by atoms with Gasteiger partial charge in [-0.15, -0.1) is 0 Å². The van der Waals surface area contributed by atoms with Crippen LogP contribution < -0.4 is 0 Å². The van der Waals surface area contributed by atoms with Crippen LogP contribution in [-0.2, 0) is 16.0 Å². The number of rotatable bonds is 6. The zero-order valence-corrected chi connectivity index (χ0v) is 12.9. The number of hydrogen-bond donors (Lipinski definition) is 1. The summed E-state index contributed by atoms with van der Waals surface area (Å²) in [5.41, 5.74) is 2.30. The van der Waals surface area contributed by atoms with Crippen molar-refractivity contribution in [2.75, 3.05) is 0 Å². The van der Waals surface area contributed by atoms with Crippen molar-refractivity contribution >= 4 is 11.9 Å². The Morgan fingerprint density at radius 2 is 1.81 bits per heavy atom. The Morgan fingerprint density at radius 3 is 2.29 bits per heavy atom. The highest BCUT2D eigenvalue weighted by molar-refractivity contribution is 5.85. The number of benzene rings is 1. The largest absolute Gasteiger partial charge is 0.480 e. The van der Waals surface area contributed by atoms with Crippen LogP contribution in [0.3, 0.4) is 0 Å². The molecule has 114 valence electrons. The molecule has 1 aliphatic carbocycles. The maximum atomic E-state index is 12.6. The van der Waals surface area contributed by atoms with Crippen LogP contribution in [0.2, 0.25) is 0 Å². The van der Waals surface area contributed by atoms with Gasteiger partial charge in [-0.05, 0) is 38.7 Å². The highest BCUT2D eigenvalue weighted by Crippen LogP contribution is 2.30. The number of amides is 1. The molecule has 2 atom stereocenters. The number of aliphatic carboxylic acids is 1. The highest BCUT2D eigenvalue weighted by Gasteiger charge is 2.39. The molecule has 1 amide bonds. The van der Waals surface area contributed by atoms with Gasteiger partial charge in [-0.1, -0.05) is 36.8 Å². The minimum absolute atomic E-state index is 0.0482. The Kier molecular flexibility index (Phi) is 4.66. The van der Waals surface area contributed by atoms with E-state index in [1.807, 2.05) is 38.1 Å². The average Bonchev–Trinajstić information content (AvgIpc) is 3.25. The topological polar surface area (TPSA) is 57.6 Å². The summed E-state index contributed by atoms with van der Waals surface area (Å²) < 4.78 is 0. The third-order valence-corrected chi connectivity index (χ3v) is 4.05. The molecule has 1 aromatic carbocycles. The van der Waals surface area contributed by atoms with Gasteiger partial charge in [-0.25, -0.2) is 4.79 Å². The van der Waals surface area contributed by atoms with E-state index in [0.29, 0.717) is 6.42 Å². The van der Waals surface area contributed by atoms with E-state index >= 15 is 0 Å². The number of aryl methyl sites for hydroxylation is 1. The zero-order chi connectivity index (χ0) is 15.6. The molecule has 4 nitrogen and oxygen atoms in total. The van der Waals surface area contributed by atoms with Crippen LogP contribution in [0, 0.1) is 12.8 Å². The molecule has 0 heterocycles. The summed E-state index contributed by atoms with van der Waals surface area (Å²) in [6, 6.07) is 7.49. The molecule has 0 radical (unpaired) electrons. The second-order valence-electron chi connectivity index (χ2n) is 6.08. The monoisotopic (exact) mass is 289 g/mol. The van der Waals surface area contributed by atoms with Gasteiger partial charge < -0.3 is 10.0 Å². The maximum Gasteiger partial charge on any atom is 0.326 e. The second-order valence-corrected chi connectivity index (χ2v) is 6.08. The standard InChI is InChI=1S/C17H23NO3/c1-11-4-6-14(7-5-11)10-12(2)16(19)18(15-8-9-15)13(3)17(20)21/h4-7,12-13,15H,8-10H2,1-3H3,(H,20,21). The van der Waals surface area contributed by atoms with Crippen molar-refractivity contribution in [1.82, 2.24) is 4.90 Å². The fourth-order valence-corrected chi connectivity index (χ4v) is 2.58. The van der Waals surface area contributed by atoms with E-state index in [1.54, 1.807) is 11.8 Å². The van der Waals surface area contributed by atoms with Gasteiger partial charge in [0.1, 0.15) is 6.04 Å². The van der Waals surface area contributed by atoms with Gasteiger partial charge in [0.2, 0.25) is 5.91 Å². The summed E-state index contributed by atoms with van der Waals surface area (Å²) in [5.74, 6) is -1.18. The summed E-state index contributed by atoms with van der Waals surface area (Å²) in [4.78, 5) is 25.4. The predicted molar refractivity (Wildman–Crippen MR) is 81.0 cm³/mol. The lowest BCUT2D eigenvalue weighted by molar-refractivity contribution is -0.151. The minimum Gasteiger partial charge on any atom is -0.480 e. The van der Waals surface area contributed by atoms with E-state index in [0.717, 1.165) is 18.4 Å². The fourth-order valence-electron chi connectivity index (χ4n) is 2.58. The quantitative estimate of drug-likeness (QED) is 0.876. The average molecular weight is 289 g/mol. The van der Waals surface area contributed by atoms with Crippen molar-refractivity contribution in [3.05, 3.63) is 35.4 Å². The van der Waals surface area contributed by atoms with Crippen molar-refractivity contribution in [1.29, 1.82) is 0 Å². The molecular formula is C17H23NO3. The summed E-state index contributed by atoms with van der Waals surface area (Å²) in [6.07, 6.45) is 2.48. The van der Waals surface area contributed by atoms with E-state index in [4.69, 9.17) is 0 Å². The Bertz CT molecular complexity index is 519. The van der Waals surface area contributed by atoms with Crippen molar-refractivity contribution in [2.24, 2.45) is 5.92 Å². The SMILES string of the molecule is Cc1ccc(CC(C)C(=O)N(C2CC2)C(C)C(=O)O)cc1. The van der Waals surface area contributed by atoms with Crippen LogP contribution in [0.4, 0.5) is 0 Å². The lowest BCUT2D eigenvalue weighted by atomic mass is 9.98. The van der Waals surface area contributed by atoms with Crippen molar-refractivity contribution in [2.45, 2.75) is 52.1 Å². The summed E-state index contributed by atoms with van der Waals surface area (Å²) in [7, 11) is 0. The number of nitrogens with zero attached hydrogens (tertiary/aromatic N) is 1. The molecule has 4 heteroatoms. The van der Waals surface area contributed by atoms with Gasteiger partial charge >= 0.3 is 5.97 Å². The molecule has 0 spiro atoms. The lowest BCUT2D eigenvalue weighted by Gasteiger charge is -2.29. The van der Waals surface area contributed by atoms with E-state index in [9.17, 15) is 14.7 Å². The molecule has 0 saturated heterocycles. The van der Waals surface area contributed by atoms with Crippen LogP contribution in [0.5, 0.6) is 0 Å². The van der Waals surface area contributed by atoms with Crippen molar-refractivity contribution in [3.8, 4) is 0 Å². The van der Waals surface area contributed by atoms with Gasteiger partial charge in [0.25, 0.3) is 0 Å². The first kappa shape index (κ1) is 15.5. The third-order valence-electron chi connectivity index (χ3n) is 4.05. The molecular weight excluding hydrogens is 266 g/mol. The van der Waals surface area contributed by atoms with Crippen molar-refractivity contribution < 1.29 is 14.7 Å². The molecule has 1 aliphatic rings. The number of carbonyl (C=O) groups excluding carboxylic acids is 1. The van der Waals surface area contributed by atoms with Gasteiger partial charge in [0, 0.05) is 12.0 Å². The maximum absolute atomic E-state index is 12.6. The van der Waals surface area contributed by atoms with Crippen molar-refractivity contribution in [3.63, 3.8) is 0 Å². The molecule has 0 aliphatic heterocycles. The molecule has 1 fully saturated rings. The summed E-state index contributed by atoms with van der Waals surface area (Å²) in [5, 5.41) is 9.19. The summed E-state index contributed by atoms with van der Waals surface area (Å²) >= 11 is 0. The fraction of sp³-hybridized carbons (Fsp3) is 0.529. The zero-order valence-electron chi connectivity index (χ0n) is 12.9. The van der Waals surface area contributed by atoms with E-state index in [-0.39, 0.29) is 17.9 Å². The lowest BCUT2D eigenvalue weighted by Crippen LogP contribution is -2.47. The highest BCUT2D eigenvalue weighted by atomic mass is 16.4. The van der Waals surface area contributed by atoms with Crippen LogP contribution in [0.1, 0.15) is 37.8 Å². The molecule has 0 aromatic heterocycles. The van der Waals surface area contributed by atoms with Crippen LogP contribution in [0.15, 0.2) is 24.3 Å². The van der Waals surface area contributed by atoms with E-state index in [1.165, 1.54) is 5.56 Å². The molecule has 1 aromatic rings. The van der Waals surface area contributed by atoms with Crippen LogP contribution in [0.25, 0.3) is 0 Å². The Morgan fingerprint density at radius 1 is 1.24 bits per heavy atom. The van der Waals surface area contributed by atoms with Gasteiger partial charge in [-0.2, -0.15) is 0 Å². The van der Waals surface area contributed by atoms with Gasteiger partial charge in [0.15, 0.2) is 0 Å². The first-order chi connectivity index (χ1) is 9.90. The number of carboxylic acid groups (broad SMARTS) is 1. The Labute approximate surface area is 125 Å². The van der Waals surface area contributed by atoms with E-state index < -0.39 is 12.0 Å². The molecule has 2 rings (SSSR count). The normalized spacial score (nSPS) is 17.1. The minimum atomic E-state index is -0.933. The molecule has 2 unspecified atom stereocenters. The summed E-state index contributed by atoms with van der Waals surface area (Å²) in [6.45, 7) is 5.50. The first-order valence-electron chi connectivity index (χ1n) is 7.50. The molecule has 1 N–H and O–H groups in total. The molecule has 21 heavy (non-hydrogen) atoms. The van der Waals surface area contributed by atoms with E-state index in [2.05, 4.69) is 0 Å². The first-order valence-corrected chi connectivity index (χ1v) is 7.50. The number of hydrogen-bond acceptors (Lipinski definition) is 2. The second kappa shape index (κ2) is 6.29. The van der Waals surface area contributed by atoms with Crippen LogP contribution >= 0.6 is 0 Å².